The summed E-state index contributed by atoms with van der Waals surface area (Å²) in [5.41, 5.74) is 4.50. The Labute approximate surface area is 98.1 Å². The van der Waals surface area contributed by atoms with Gasteiger partial charge in [0, 0.05) is 5.69 Å². The highest BCUT2D eigenvalue weighted by Gasteiger charge is 2.22. The van der Waals surface area contributed by atoms with Gasteiger partial charge in [-0.3, -0.25) is 4.79 Å². The second kappa shape index (κ2) is 4.42. The zero-order valence-corrected chi connectivity index (χ0v) is 9.52. The minimum Gasteiger partial charge on any atom is -0.507 e. The lowest BCUT2D eigenvalue weighted by molar-refractivity contribution is -0.120. The summed E-state index contributed by atoms with van der Waals surface area (Å²) >= 11 is 0. The molecule has 0 aliphatic heterocycles. The van der Waals surface area contributed by atoms with Crippen LogP contribution in [0.3, 0.4) is 0 Å². The molecule has 0 saturated carbocycles. The van der Waals surface area contributed by atoms with E-state index >= 15 is 0 Å². The molecule has 17 heavy (non-hydrogen) atoms. The summed E-state index contributed by atoms with van der Waals surface area (Å²) in [4.78, 5) is 22.3. The van der Waals surface area contributed by atoms with Gasteiger partial charge in [0.25, 0.3) is 0 Å². The Morgan fingerprint density at radius 2 is 1.94 bits per heavy atom. The Kier molecular flexibility index (Phi) is 3.38. The zero-order valence-electron chi connectivity index (χ0n) is 9.52. The maximum atomic E-state index is 11.6. The molecule has 1 amide bonds. The number of aromatic hydroxyl groups is 1. The lowest BCUT2D eigenvalue weighted by Crippen LogP contribution is -2.45. The van der Waals surface area contributed by atoms with Crippen molar-refractivity contribution in [1.82, 2.24) is 0 Å². The third-order valence-electron chi connectivity index (χ3n) is 2.07. The van der Waals surface area contributed by atoms with Crippen LogP contribution in [0.1, 0.15) is 24.2 Å². The van der Waals surface area contributed by atoms with E-state index in [4.69, 9.17) is 10.8 Å². The van der Waals surface area contributed by atoms with Gasteiger partial charge >= 0.3 is 5.97 Å². The van der Waals surface area contributed by atoms with Crippen LogP contribution in [0.15, 0.2) is 18.2 Å². The van der Waals surface area contributed by atoms with Crippen LogP contribution >= 0.6 is 0 Å². The first kappa shape index (κ1) is 13.0. The Bertz CT molecular complexity index is 463. The third-order valence-corrected chi connectivity index (χ3v) is 2.07. The van der Waals surface area contributed by atoms with E-state index < -0.39 is 17.4 Å². The number of carbonyl (C=O) groups excluding carboxylic acids is 1. The van der Waals surface area contributed by atoms with Crippen LogP contribution in [0, 0.1) is 0 Å². The number of hydrogen-bond acceptors (Lipinski definition) is 4. The SMILES string of the molecule is CC(C)(N)C(=O)Nc1ccc(O)c(C(=O)O)c1. The predicted molar refractivity (Wildman–Crippen MR) is 62.0 cm³/mol. The van der Waals surface area contributed by atoms with Crippen LogP contribution in [-0.2, 0) is 4.79 Å². The number of carbonyl (C=O) groups is 2. The Balaban J connectivity index is 2.98. The fourth-order valence-electron chi connectivity index (χ4n) is 1.08. The summed E-state index contributed by atoms with van der Waals surface area (Å²) in [5, 5.41) is 20.5. The fraction of sp³-hybridized carbons (Fsp3) is 0.273. The topological polar surface area (TPSA) is 113 Å². The monoisotopic (exact) mass is 238 g/mol. The van der Waals surface area contributed by atoms with Crippen molar-refractivity contribution in [2.24, 2.45) is 5.73 Å². The van der Waals surface area contributed by atoms with Gasteiger partial charge < -0.3 is 21.3 Å². The van der Waals surface area contributed by atoms with Crippen molar-refractivity contribution in [1.29, 1.82) is 0 Å². The number of phenols is 1. The normalized spacial score (nSPS) is 11.0. The molecule has 6 heteroatoms. The van der Waals surface area contributed by atoms with E-state index in [0.717, 1.165) is 0 Å². The molecule has 0 fully saturated rings. The highest BCUT2D eigenvalue weighted by Crippen LogP contribution is 2.21. The number of aromatic carboxylic acids is 1. The van der Waals surface area contributed by atoms with Crippen molar-refractivity contribution in [3.8, 4) is 5.75 Å². The highest BCUT2D eigenvalue weighted by molar-refractivity contribution is 5.99. The molecule has 0 aliphatic carbocycles. The van der Waals surface area contributed by atoms with Crippen molar-refractivity contribution in [3.63, 3.8) is 0 Å². The summed E-state index contributed by atoms with van der Waals surface area (Å²) < 4.78 is 0. The Morgan fingerprint density at radius 1 is 1.35 bits per heavy atom. The largest absolute Gasteiger partial charge is 0.507 e. The van der Waals surface area contributed by atoms with E-state index in [1.807, 2.05) is 0 Å². The fourth-order valence-corrected chi connectivity index (χ4v) is 1.08. The molecule has 1 aromatic carbocycles. The average Bonchev–Trinajstić information content (AvgIpc) is 2.19. The van der Waals surface area contributed by atoms with Gasteiger partial charge in [0.2, 0.25) is 5.91 Å². The van der Waals surface area contributed by atoms with E-state index in [0.29, 0.717) is 0 Å². The molecule has 0 aromatic heterocycles. The van der Waals surface area contributed by atoms with Crippen molar-refractivity contribution in [3.05, 3.63) is 23.8 Å². The summed E-state index contributed by atoms with van der Waals surface area (Å²) in [7, 11) is 0. The van der Waals surface area contributed by atoms with Gasteiger partial charge in [0.05, 0.1) is 5.54 Å². The molecule has 0 unspecified atom stereocenters. The minimum absolute atomic E-state index is 0.267. The summed E-state index contributed by atoms with van der Waals surface area (Å²) in [6.45, 7) is 3.06. The number of carboxylic acid groups (broad SMARTS) is 1. The van der Waals surface area contributed by atoms with E-state index in [-0.39, 0.29) is 17.0 Å². The standard InChI is InChI=1S/C11H14N2O4/c1-11(2,12)10(17)13-6-3-4-8(14)7(5-6)9(15)16/h3-5,14H,12H2,1-2H3,(H,13,17)(H,15,16). The average molecular weight is 238 g/mol. The van der Waals surface area contributed by atoms with Gasteiger partial charge in [0.1, 0.15) is 11.3 Å². The summed E-state index contributed by atoms with van der Waals surface area (Å²) in [5.74, 6) is -2.08. The number of anilines is 1. The number of amides is 1. The van der Waals surface area contributed by atoms with E-state index in [1.54, 1.807) is 0 Å². The molecular formula is C11H14N2O4. The zero-order chi connectivity index (χ0) is 13.2. The van der Waals surface area contributed by atoms with Gasteiger partial charge in [0.15, 0.2) is 0 Å². The van der Waals surface area contributed by atoms with Gasteiger partial charge in [-0.25, -0.2) is 4.79 Å². The first-order chi connectivity index (χ1) is 7.71. The summed E-state index contributed by atoms with van der Waals surface area (Å²) in [6.07, 6.45) is 0. The van der Waals surface area contributed by atoms with Gasteiger partial charge in [-0.2, -0.15) is 0 Å². The molecule has 0 bridgehead atoms. The molecule has 0 atom stereocenters. The number of nitrogens with one attached hydrogen (secondary N) is 1. The number of nitrogens with two attached hydrogens (primary N) is 1. The van der Waals surface area contributed by atoms with E-state index in [1.165, 1.54) is 32.0 Å². The lowest BCUT2D eigenvalue weighted by Gasteiger charge is -2.18. The molecule has 92 valence electrons. The van der Waals surface area contributed by atoms with Gasteiger partial charge in [-0.1, -0.05) is 0 Å². The van der Waals surface area contributed by atoms with Crippen LogP contribution in [0.25, 0.3) is 0 Å². The molecular weight excluding hydrogens is 224 g/mol. The number of hydrogen-bond donors (Lipinski definition) is 4. The molecule has 6 nitrogen and oxygen atoms in total. The van der Waals surface area contributed by atoms with Crippen molar-refractivity contribution in [2.75, 3.05) is 5.32 Å². The molecule has 0 spiro atoms. The Hall–Kier alpha value is -2.08. The molecule has 0 saturated heterocycles. The Morgan fingerprint density at radius 3 is 2.41 bits per heavy atom. The molecule has 1 rings (SSSR count). The first-order valence-corrected chi connectivity index (χ1v) is 4.88. The van der Waals surface area contributed by atoms with Crippen LogP contribution < -0.4 is 11.1 Å². The van der Waals surface area contributed by atoms with Crippen LogP contribution in [0.4, 0.5) is 5.69 Å². The van der Waals surface area contributed by atoms with Crippen molar-refractivity contribution in [2.45, 2.75) is 19.4 Å². The summed E-state index contributed by atoms with van der Waals surface area (Å²) in [6, 6.07) is 3.76. The second-order valence-electron chi connectivity index (χ2n) is 4.21. The molecule has 0 heterocycles. The molecule has 0 aliphatic rings. The van der Waals surface area contributed by atoms with Crippen LogP contribution in [0.2, 0.25) is 0 Å². The third kappa shape index (κ3) is 3.18. The minimum atomic E-state index is -1.27. The second-order valence-corrected chi connectivity index (χ2v) is 4.21. The van der Waals surface area contributed by atoms with Gasteiger partial charge in [-0.15, -0.1) is 0 Å². The van der Waals surface area contributed by atoms with E-state index in [9.17, 15) is 14.7 Å². The van der Waals surface area contributed by atoms with Crippen molar-refractivity contribution >= 4 is 17.6 Å². The maximum Gasteiger partial charge on any atom is 0.339 e. The van der Waals surface area contributed by atoms with E-state index in [2.05, 4.69) is 5.32 Å². The predicted octanol–water partition coefficient (Wildman–Crippen LogP) is 0.766. The number of rotatable bonds is 3. The van der Waals surface area contributed by atoms with Crippen molar-refractivity contribution < 1.29 is 19.8 Å². The number of benzene rings is 1. The van der Waals surface area contributed by atoms with Crippen LogP contribution in [-0.4, -0.2) is 27.6 Å². The van der Waals surface area contributed by atoms with Gasteiger partial charge in [-0.05, 0) is 32.0 Å². The molecule has 5 N–H and O–H groups in total. The molecule has 1 aromatic rings. The first-order valence-electron chi connectivity index (χ1n) is 4.88. The lowest BCUT2D eigenvalue weighted by atomic mass is 10.1. The maximum absolute atomic E-state index is 11.6. The quantitative estimate of drug-likeness (QED) is 0.581. The highest BCUT2D eigenvalue weighted by atomic mass is 16.4. The van der Waals surface area contributed by atoms with Crippen LogP contribution in [0.5, 0.6) is 5.75 Å². The molecule has 0 radical (unpaired) electrons. The number of carboxylic acids is 1. The smallest absolute Gasteiger partial charge is 0.339 e.